The maximum atomic E-state index is 12.4. The molecular formula is C18H19N3O3S. The molecule has 0 saturated heterocycles. The van der Waals surface area contributed by atoms with Crippen LogP contribution in [0, 0.1) is 6.92 Å². The van der Waals surface area contributed by atoms with Crippen LogP contribution < -0.4 is 15.6 Å². The quantitative estimate of drug-likeness (QED) is 0.735. The summed E-state index contributed by atoms with van der Waals surface area (Å²) >= 11 is 1.49. The second kappa shape index (κ2) is 7.06. The van der Waals surface area contributed by atoms with E-state index in [2.05, 4.69) is 15.3 Å². The highest BCUT2D eigenvalue weighted by Crippen LogP contribution is 2.27. The summed E-state index contributed by atoms with van der Waals surface area (Å²) in [6.07, 6.45) is 0.795. The molecule has 1 amide bonds. The highest BCUT2D eigenvalue weighted by Gasteiger charge is 2.15. The average molecular weight is 357 g/mol. The molecule has 0 atom stereocenters. The second-order valence-corrected chi connectivity index (χ2v) is 6.84. The number of aryl methyl sites for hydroxylation is 2. The number of anilines is 1. The molecule has 25 heavy (non-hydrogen) atoms. The number of rotatable bonds is 5. The van der Waals surface area contributed by atoms with Crippen LogP contribution in [0.4, 0.5) is 5.69 Å². The predicted octanol–water partition coefficient (Wildman–Crippen LogP) is 3.05. The van der Waals surface area contributed by atoms with Crippen LogP contribution in [0.5, 0.6) is 5.75 Å². The third kappa shape index (κ3) is 3.56. The summed E-state index contributed by atoms with van der Waals surface area (Å²) in [5, 5.41) is 3.43. The summed E-state index contributed by atoms with van der Waals surface area (Å²) < 4.78 is 5.08. The van der Waals surface area contributed by atoms with E-state index in [1.807, 2.05) is 13.8 Å². The number of carbonyl (C=O) groups is 1. The van der Waals surface area contributed by atoms with Gasteiger partial charge in [-0.1, -0.05) is 6.92 Å². The van der Waals surface area contributed by atoms with Gasteiger partial charge in [0, 0.05) is 10.6 Å². The van der Waals surface area contributed by atoms with E-state index < -0.39 is 0 Å². The topological polar surface area (TPSA) is 84.1 Å². The zero-order chi connectivity index (χ0) is 18.0. The third-order valence-electron chi connectivity index (χ3n) is 3.97. The lowest BCUT2D eigenvalue weighted by atomic mass is 10.1. The molecule has 0 saturated carbocycles. The molecule has 0 aliphatic heterocycles. The molecule has 3 aromatic rings. The highest BCUT2D eigenvalue weighted by atomic mass is 32.1. The molecule has 6 nitrogen and oxygen atoms in total. The Bertz CT molecular complexity index is 974. The van der Waals surface area contributed by atoms with E-state index in [9.17, 15) is 9.59 Å². The van der Waals surface area contributed by atoms with E-state index in [1.165, 1.54) is 11.3 Å². The number of aromatic amines is 1. The fourth-order valence-corrected chi connectivity index (χ4v) is 3.89. The van der Waals surface area contributed by atoms with Crippen molar-refractivity contribution in [1.82, 2.24) is 9.97 Å². The summed E-state index contributed by atoms with van der Waals surface area (Å²) in [7, 11) is 1.59. The maximum absolute atomic E-state index is 12.4. The van der Waals surface area contributed by atoms with Crippen LogP contribution in [0.1, 0.15) is 23.2 Å². The molecule has 0 spiro atoms. The Kier molecular flexibility index (Phi) is 4.85. The standard InChI is InChI=1S/C18H19N3O3S/c1-4-13-10(2)25-18-16(13)17(23)20-14(21-18)9-15(22)19-11-5-7-12(24-3)8-6-11/h5-8H,4,9H2,1-3H3,(H,19,22)(H,20,21,23). The number of benzene rings is 1. The van der Waals surface area contributed by atoms with Crippen molar-refractivity contribution in [3.8, 4) is 5.75 Å². The first-order chi connectivity index (χ1) is 12.0. The predicted molar refractivity (Wildman–Crippen MR) is 99.7 cm³/mol. The molecule has 130 valence electrons. The Hall–Kier alpha value is -2.67. The Balaban J connectivity index is 1.80. The number of thiophene rings is 1. The molecule has 3 rings (SSSR count). The summed E-state index contributed by atoms with van der Waals surface area (Å²) in [6.45, 7) is 4.00. The normalized spacial score (nSPS) is 10.8. The summed E-state index contributed by atoms with van der Waals surface area (Å²) in [4.78, 5) is 33.5. The van der Waals surface area contributed by atoms with Gasteiger partial charge in [-0.2, -0.15) is 0 Å². The molecule has 2 heterocycles. The molecule has 2 N–H and O–H groups in total. The van der Waals surface area contributed by atoms with Crippen LogP contribution in [0.2, 0.25) is 0 Å². The fraction of sp³-hybridized carbons (Fsp3) is 0.278. The van der Waals surface area contributed by atoms with Crippen molar-refractivity contribution in [3.63, 3.8) is 0 Å². The van der Waals surface area contributed by atoms with E-state index >= 15 is 0 Å². The Labute approximate surface area is 148 Å². The number of ether oxygens (including phenoxy) is 1. The molecule has 1 aromatic carbocycles. The molecule has 0 aliphatic rings. The number of nitrogens with one attached hydrogen (secondary N) is 2. The maximum Gasteiger partial charge on any atom is 0.259 e. The van der Waals surface area contributed by atoms with Gasteiger partial charge in [0.2, 0.25) is 5.91 Å². The first-order valence-electron chi connectivity index (χ1n) is 7.97. The monoisotopic (exact) mass is 357 g/mol. The van der Waals surface area contributed by atoms with E-state index in [-0.39, 0.29) is 17.9 Å². The summed E-state index contributed by atoms with van der Waals surface area (Å²) in [5.41, 5.74) is 1.51. The zero-order valence-corrected chi connectivity index (χ0v) is 15.1. The van der Waals surface area contributed by atoms with Gasteiger partial charge in [-0.25, -0.2) is 4.98 Å². The third-order valence-corrected chi connectivity index (χ3v) is 5.01. The number of carbonyl (C=O) groups excluding carboxylic acids is 1. The van der Waals surface area contributed by atoms with E-state index in [0.717, 1.165) is 16.9 Å². The Morgan fingerprint density at radius 2 is 2.04 bits per heavy atom. The van der Waals surface area contributed by atoms with E-state index in [4.69, 9.17) is 4.74 Å². The number of nitrogens with zero attached hydrogens (tertiary/aromatic N) is 1. The van der Waals surface area contributed by atoms with Crippen LogP contribution >= 0.6 is 11.3 Å². The fourth-order valence-electron chi connectivity index (χ4n) is 2.76. The minimum absolute atomic E-state index is 0.00954. The van der Waals surface area contributed by atoms with E-state index in [0.29, 0.717) is 27.5 Å². The molecule has 0 bridgehead atoms. The van der Waals surface area contributed by atoms with Gasteiger partial charge in [0.1, 0.15) is 16.4 Å². The number of hydrogen-bond donors (Lipinski definition) is 2. The SMILES string of the molecule is CCc1c(C)sc2nc(CC(=O)Nc3ccc(OC)cc3)[nH]c(=O)c12. The summed E-state index contributed by atoms with van der Waals surface area (Å²) in [6, 6.07) is 7.05. The van der Waals surface area contributed by atoms with E-state index in [1.54, 1.807) is 31.4 Å². The molecular weight excluding hydrogens is 338 g/mol. The smallest absolute Gasteiger partial charge is 0.259 e. The molecule has 2 aromatic heterocycles. The number of fused-ring (bicyclic) bond motifs is 1. The van der Waals surface area contributed by atoms with Gasteiger partial charge >= 0.3 is 0 Å². The van der Waals surface area contributed by atoms with Crippen LogP contribution in [0.25, 0.3) is 10.2 Å². The minimum Gasteiger partial charge on any atom is -0.497 e. The zero-order valence-electron chi connectivity index (χ0n) is 14.3. The van der Waals surface area contributed by atoms with Crippen LogP contribution in [-0.4, -0.2) is 23.0 Å². The van der Waals surface area contributed by atoms with Crippen molar-refractivity contribution >= 4 is 33.1 Å². The van der Waals surface area contributed by atoms with Gasteiger partial charge in [0.15, 0.2) is 0 Å². The van der Waals surface area contributed by atoms with Gasteiger partial charge in [0.05, 0.1) is 18.9 Å². The van der Waals surface area contributed by atoms with Crippen molar-refractivity contribution in [2.75, 3.05) is 12.4 Å². The molecule has 0 aliphatic carbocycles. The Morgan fingerprint density at radius 1 is 1.32 bits per heavy atom. The van der Waals surface area contributed by atoms with Gasteiger partial charge in [0.25, 0.3) is 5.56 Å². The van der Waals surface area contributed by atoms with Gasteiger partial charge in [-0.15, -0.1) is 11.3 Å². The number of H-pyrrole nitrogens is 1. The van der Waals surface area contributed by atoms with Crippen LogP contribution in [0.15, 0.2) is 29.1 Å². The Morgan fingerprint density at radius 3 is 2.68 bits per heavy atom. The highest BCUT2D eigenvalue weighted by molar-refractivity contribution is 7.18. The van der Waals surface area contributed by atoms with Crippen molar-refractivity contribution in [1.29, 1.82) is 0 Å². The van der Waals surface area contributed by atoms with Crippen molar-refractivity contribution < 1.29 is 9.53 Å². The lowest BCUT2D eigenvalue weighted by Gasteiger charge is -2.06. The summed E-state index contributed by atoms with van der Waals surface area (Å²) in [5.74, 6) is 0.846. The van der Waals surface area contributed by atoms with Gasteiger partial charge in [-0.3, -0.25) is 9.59 Å². The number of amides is 1. The van der Waals surface area contributed by atoms with Crippen molar-refractivity contribution in [2.45, 2.75) is 26.7 Å². The first kappa shape index (κ1) is 17.2. The molecule has 7 heteroatoms. The van der Waals surface area contributed by atoms with Crippen LogP contribution in [-0.2, 0) is 17.6 Å². The average Bonchev–Trinajstić information content (AvgIpc) is 2.91. The molecule has 0 unspecified atom stereocenters. The molecule has 0 fully saturated rings. The molecule has 0 radical (unpaired) electrons. The van der Waals surface area contributed by atoms with Crippen molar-refractivity contribution in [3.05, 3.63) is 50.9 Å². The van der Waals surface area contributed by atoms with Gasteiger partial charge < -0.3 is 15.0 Å². The minimum atomic E-state index is -0.239. The lowest BCUT2D eigenvalue weighted by Crippen LogP contribution is -2.19. The first-order valence-corrected chi connectivity index (χ1v) is 8.78. The van der Waals surface area contributed by atoms with Crippen LogP contribution in [0.3, 0.4) is 0 Å². The van der Waals surface area contributed by atoms with Gasteiger partial charge in [-0.05, 0) is 43.2 Å². The van der Waals surface area contributed by atoms with Crippen molar-refractivity contribution in [2.24, 2.45) is 0 Å². The number of hydrogen-bond acceptors (Lipinski definition) is 5. The lowest BCUT2D eigenvalue weighted by molar-refractivity contribution is -0.115. The largest absolute Gasteiger partial charge is 0.497 e. The second-order valence-electron chi connectivity index (χ2n) is 5.64. The number of aromatic nitrogens is 2. The number of methoxy groups -OCH3 is 1.